The van der Waals surface area contributed by atoms with Gasteiger partial charge in [-0.25, -0.2) is 9.78 Å². The molecule has 0 amide bonds. The van der Waals surface area contributed by atoms with Crippen molar-refractivity contribution in [3.05, 3.63) is 29.8 Å². The number of hydrogen-bond acceptors (Lipinski definition) is 7. The van der Waals surface area contributed by atoms with E-state index in [0.29, 0.717) is 12.8 Å². The molecule has 0 unspecified atom stereocenters. The zero-order valence-corrected chi connectivity index (χ0v) is 22.8. The summed E-state index contributed by atoms with van der Waals surface area (Å²) in [6, 6.07) is 5.99. The molecule has 1 saturated heterocycles. The molecule has 0 aromatic heterocycles. The van der Waals surface area contributed by atoms with Crippen LogP contribution in [0.3, 0.4) is 0 Å². The van der Waals surface area contributed by atoms with Gasteiger partial charge in [0.1, 0.15) is 0 Å². The molecule has 0 saturated carbocycles. The van der Waals surface area contributed by atoms with E-state index in [9.17, 15) is 8.42 Å². The van der Waals surface area contributed by atoms with Gasteiger partial charge < -0.3 is 5.32 Å². The van der Waals surface area contributed by atoms with E-state index in [1.165, 1.54) is 12.1 Å². The van der Waals surface area contributed by atoms with Crippen molar-refractivity contribution < 1.29 is 32.5 Å². The number of hydrogen-bond donors (Lipinski definition) is 2. The topological polar surface area (TPSA) is 103 Å². The molecular weight excluding hydrogens is 446 g/mol. The molecule has 0 radical (unpaired) electrons. The van der Waals surface area contributed by atoms with Crippen molar-refractivity contribution >= 4 is 10.1 Å². The standard InChI is InChI=1S/C17H35NO4.C7H8O3S/c1-13(2,3)19-21-17(22-20-14(4,5)6)11-15(7,8)18-16(9,10)12-17;1-6-2-4-7(5-3-6)11(8,9)10/h18H,11-12H2,1-10H3;2-5H,1H3,(H,8,9,10). The summed E-state index contributed by atoms with van der Waals surface area (Å²) in [4.78, 5) is 22.7. The average molecular weight is 490 g/mol. The summed E-state index contributed by atoms with van der Waals surface area (Å²) in [5.74, 6) is -0.946. The van der Waals surface area contributed by atoms with Gasteiger partial charge in [0.25, 0.3) is 10.1 Å². The maximum Gasteiger partial charge on any atom is 0.294 e. The van der Waals surface area contributed by atoms with E-state index in [0.717, 1.165) is 5.56 Å². The average Bonchev–Trinajstić information content (AvgIpc) is 2.55. The fraction of sp³-hybridized carbons (Fsp3) is 0.750. The molecule has 2 N–H and O–H groups in total. The van der Waals surface area contributed by atoms with Gasteiger partial charge in [-0.15, -0.1) is 0 Å². The molecule has 2 rings (SSSR count). The highest BCUT2D eigenvalue weighted by atomic mass is 32.2. The molecule has 0 spiro atoms. The Bertz CT molecular complexity index is 828. The maximum atomic E-state index is 10.5. The molecule has 0 aliphatic carbocycles. The molecular formula is C24H43NO7S. The van der Waals surface area contributed by atoms with Gasteiger partial charge in [-0.2, -0.15) is 18.2 Å². The normalized spacial score (nSPS) is 20.0. The zero-order valence-electron chi connectivity index (χ0n) is 22.0. The highest BCUT2D eigenvalue weighted by Gasteiger charge is 2.52. The lowest BCUT2D eigenvalue weighted by molar-refractivity contribution is -0.550. The van der Waals surface area contributed by atoms with E-state index in [-0.39, 0.29) is 16.0 Å². The van der Waals surface area contributed by atoms with Crippen LogP contribution in [0.5, 0.6) is 0 Å². The molecule has 8 nitrogen and oxygen atoms in total. The molecule has 33 heavy (non-hydrogen) atoms. The Hall–Kier alpha value is -1.07. The lowest BCUT2D eigenvalue weighted by Crippen LogP contribution is -2.65. The van der Waals surface area contributed by atoms with Crippen LogP contribution >= 0.6 is 0 Å². The summed E-state index contributed by atoms with van der Waals surface area (Å²) in [5, 5.41) is 3.61. The van der Waals surface area contributed by atoms with Crippen LogP contribution in [0.2, 0.25) is 0 Å². The molecule has 1 aliphatic heterocycles. The van der Waals surface area contributed by atoms with Gasteiger partial charge in [-0.1, -0.05) is 17.7 Å². The van der Waals surface area contributed by atoms with Crippen LogP contribution in [0.25, 0.3) is 0 Å². The minimum atomic E-state index is -4.02. The van der Waals surface area contributed by atoms with Crippen LogP contribution in [0, 0.1) is 6.92 Å². The second kappa shape index (κ2) is 10.3. The van der Waals surface area contributed by atoms with E-state index in [4.69, 9.17) is 24.1 Å². The first-order valence-corrected chi connectivity index (χ1v) is 12.5. The second-order valence-corrected chi connectivity index (χ2v) is 13.4. The van der Waals surface area contributed by atoms with Gasteiger partial charge in [0.2, 0.25) is 5.79 Å². The summed E-state index contributed by atoms with van der Waals surface area (Å²) in [6.07, 6.45) is 1.24. The predicted molar refractivity (Wildman–Crippen MR) is 128 cm³/mol. The SMILES string of the molecule is CC1(C)CC(OOC(C)(C)C)(OOC(C)(C)C)CC(C)(C)N1.Cc1ccc(S(=O)(=O)O)cc1. The number of rotatable bonds is 5. The summed E-state index contributed by atoms with van der Waals surface area (Å²) in [5.41, 5.74) is -0.208. The fourth-order valence-electron chi connectivity index (χ4n) is 3.66. The van der Waals surface area contributed by atoms with Crippen molar-refractivity contribution in [2.75, 3.05) is 0 Å². The van der Waals surface area contributed by atoms with Crippen LogP contribution in [-0.2, 0) is 29.7 Å². The zero-order chi connectivity index (χ0) is 25.9. The molecule has 0 atom stereocenters. The van der Waals surface area contributed by atoms with Crippen LogP contribution < -0.4 is 5.32 Å². The third-order valence-electron chi connectivity index (χ3n) is 4.31. The smallest absolute Gasteiger partial charge is 0.294 e. The van der Waals surface area contributed by atoms with Gasteiger partial charge in [0.15, 0.2) is 0 Å². The van der Waals surface area contributed by atoms with E-state index >= 15 is 0 Å². The maximum absolute atomic E-state index is 10.5. The van der Waals surface area contributed by atoms with Gasteiger partial charge in [-0.05, 0) is 88.3 Å². The molecule has 1 fully saturated rings. The molecule has 1 aromatic rings. The summed E-state index contributed by atoms with van der Waals surface area (Å²) < 4.78 is 29.6. The molecule has 1 aromatic carbocycles. The third kappa shape index (κ3) is 11.8. The van der Waals surface area contributed by atoms with E-state index in [1.54, 1.807) is 12.1 Å². The molecule has 0 bridgehead atoms. The van der Waals surface area contributed by atoms with E-state index in [2.05, 4.69) is 33.0 Å². The van der Waals surface area contributed by atoms with Crippen LogP contribution in [0.1, 0.15) is 87.6 Å². The molecule has 1 heterocycles. The lowest BCUT2D eigenvalue weighted by atomic mass is 9.79. The Kier molecular flexibility index (Phi) is 9.33. The summed E-state index contributed by atoms with van der Waals surface area (Å²) in [7, 11) is -4.02. The minimum Gasteiger partial charge on any atom is -0.306 e. The first-order valence-electron chi connectivity index (χ1n) is 11.1. The van der Waals surface area contributed by atoms with Gasteiger partial charge in [-0.3, -0.25) is 4.55 Å². The quantitative estimate of drug-likeness (QED) is 0.247. The fourth-order valence-corrected chi connectivity index (χ4v) is 4.14. The highest BCUT2D eigenvalue weighted by molar-refractivity contribution is 7.85. The van der Waals surface area contributed by atoms with Crippen molar-refractivity contribution in [2.24, 2.45) is 0 Å². The third-order valence-corrected chi connectivity index (χ3v) is 5.17. The Morgan fingerprint density at radius 3 is 1.48 bits per heavy atom. The number of benzene rings is 1. The lowest BCUT2D eigenvalue weighted by Gasteiger charge is -2.51. The number of nitrogens with one attached hydrogen (secondary N) is 1. The molecule has 9 heteroatoms. The first kappa shape index (κ1) is 30.0. The largest absolute Gasteiger partial charge is 0.306 e. The summed E-state index contributed by atoms with van der Waals surface area (Å²) in [6.45, 7) is 22.0. The van der Waals surface area contributed by atoms with Crippen LogP contribution in [0.4, 0.5) is 0 Å². The molecule has 1 aliphatic rings. The van der Waals surface area contributed by atoms with Crippen molar-refractivity contribution in [2.45, 2.75) is 122 Å². The van der Waals surface area contributed by atoms with Gasteiger partial charge in [0.05, 0.1) is 16.1 Å². The first-order chi connectivity index (χ1) is 14.5. The van der Waals surface area contributed by atoms with Crippen molar-refractivity contribution in [1.29, 1.82) is 0 Å². The van der Waals surface area contributed by atoms with Crippen molar-refractivity contribution in [3.8, 4) is 0 Å². The Morgan fingerprint density at radius 1 is 0.818 bits per heavy atom. The second-order valence-electron chi connectivity index (χ2n) is 12.0. The molecule has 192 valence electrons. The van der Waals surface area contributed by atoms with Gasteiger partial charge in [0, 0.05) is 23.9 Å². The van der Waals surface area contributed by atoms with Crippen molar-refractivity contribution in [3.63, 3.8) is 0 Å². The Balaban J connectivity index is 0.000000412. The highest BCUT2D eigenvalue weighted by Crippen LogP contribution is 2.41. The van der Waals surface area contributed by atoms with E-state index < -0.39 is 27.1 Å². The predicted octanol–water partition coefficient (Wildman–Crippen LogP) is 5.36. The Morgan fingerprint density at radius 2 is 1.18 bits per heavy atom. The monoisotopic (exact) mass is 489 g/mol. The summed E-state index contributed by atoms with van der Waals surface area (Å²) >= 11 is 0. The van der Waals surface area contributed by atoms with Crippen LogP contribution in [-0.4, -0.2) is 41.0 Å². The van der Waals surface area contributed by atoms with Crippen molar-refractivity contribution in [1.82, 2.24) is 5.32 Å². The van der Waals surface area contributed by atoms with E-state index in [1.807, 2.05) is 48.5 Å². The Labute approximate surface area is 199 Å². The van der Waals surface area contributed by atoms with Gasteiger partial charge >= 0.3 is 0 Å². The number of piperidine rings is 1. The number of aryl methyl sites for hydroxylation is 1. The van der Waals surface area contributed by atoms with Crippen LogP contribution in [0.15, 0.2) is 29.2 Å². The minimum absolute atomic E-state index is 0.0666.